The third-order valence-electron chi connectivity index (χ3n) is 3.99. The van der Waals surface area contributed by atoms with E-state index in [1.807, 2.05) is 21.0 Å². The highest BCUT2D eigenvalue weighted by atomic mass is 32.2. The van der Waals surface area contributed by atoms with E-state index in [4.69, 9.17) is 9.15 Å². The lowest BCUT2D eigenvalue weighted by Crippen LogP contribution is -2.25. The number of furan rings is 1. The fourth-order valence-electron chi connectivity index (χ4n) is 2.72. The van der Waals surface area contributed by atoms with Gasteiger partial charge >= 0.3 is 0 Å². The molecule has 0 aliphatic carbocycles. The highest BCUT2D eigenvalue weighted by Gasteiger charge is 2.19. The first-order valence-electron chi connectivity index (χ1n) is 8.54. The molecule has 0 fully saturated rings. The van der Waals surface area contributed by atoms with Gasteiger partial charge in [0.1, 0.15) is 22.3 Å². The molecule has 28 heavy (non-hydrogen) atoms. The van der Waals surface area contributed by atoms with Crippen molar-refractivity contribution in [1.82, 2.24) is 4.72 Å². The van der Waals surface area contributed by atoms with Crippen LogP contribution in [0.15, 0.2) is 51.8 Å². The Kier molecular flexibility index (Phi) is 5.66. The summed E-state index contributed by atoms with van der Waals surface area (Å²) in [5.41, 5.74) is 1.62. The third-order valence-corrected chi connectivity index (χ3v) is 5.10. The number of nitrogens with zero attached hydrogens (tertiary/aromatic N) is 2. The maximum atomic E-state index is 12.6. The summed E-state index contributed by atoms with van der Waals surface area (Å²) >= 11 is 0. The topological polar surface area (TPSA) is 95.6 Å². The summed E-state index contributed by atoms with van der Waals surface area (Å²) in [5.74, 6) is -0.162. The van der Waals surface area contributed by atoms with Crippen LogP contribution < -0.4 is 14.4 Å². The average Bonchev–Trinajstić information content (AvgIpc) is 3.10. The van der Waals surface area contributed by atoms with Gasteiger partial charge in [0, 0.05) is 25.5 Å². The van der Waals surface area contributed by atoms with Crippen LogP contribution >= 0.6 is 0 Å². The summed E-state index contributed by atoms with van der Waals surface area (Å²) in [6, 6.07) is 13.8. The van der Waals surface area contributed by atoms with Gasteiger partial charge in [0.2, 0.25) is 0 Å². The molecule has 1 amide bonds. The Morgan fingerprint density at radius 2 is 2.04 bits per heavy atom. The molecule has 3 rings (SSSR count). The summed E-state index contributed by atoms with van der Waals surface area (Å²) < 4.78 is 26.1. The molecule has 0 spiro atoms. The van der Waals surface area contributed by atoms with Gasteiger partial charge in [-0.2, -0.15) is 5.26 Å². The molecular formula is C20H19N3O4S. The Labute approximate surface area is 165 Å². The second-order valence-corrected chi connectivity index (χ2v) is 7.29. The number of rotatable bonds is 6. The van der Waals surface area contributed by atoms with Gasteiger partial charge in [-0.15, -0.1) is 0 Å². The number of anilines is 1. The van der Waals surface area contributed by atoms with Crippen molar-refractivity contribution in [2.24, 2.45) is 0 Å². The largest absolute Gasteiger partial charge is 0.493 e. The van der Waals surface area contributed by atoms with Crippen molar-refractivity contribution in [3.05, 3.63) is 53.8 Å². The van der Waals surface area contributed by atoms with E-state index in [2.05, 4.69) is 10.8 Å². The molecule has 1 aromatic heterocycles. The molecule has 1 N–H and O–H groups in total. The van der Waals surface area contributed by atoms with E-state index in [-0.39, 0.29) is 5.76 Å². The molecule has 1 atom stereocenters. The van der Waals surface area contributed by atoms with Gasteiger partial charge in [0.05, 0.1) is 17.9 Å². The van der Waals surface area contributed by atoms with E-state index < -0.39 is 16.9 Å². The van der Waals surface area contributed by atoms with E-state index in [9.17, 15) is 14.3 Å². The monoisotopic (exact) mass is 397 g/mol. The third kappa shape index (κ3) is 3.85. The molecule has 144 valence electrons. The first kappa shape index (κ1) is 19.5. The fourth-order valence-corrected chi connectivity index (χ4v) is 3.61. The molecule has 3 aromatic rings. The van der Waals surface area contributed by atoms with Crippen LogP contribution in [-0.2, 0) is 11.0 Å². The molecule has 2 aromatic carbocycles. The number of hydrogen-bond donors (Lipinski definition) is 1. The van der Waals surface area contributed by atoms with Crippen LogP contribution in [-0.4, -0.2) is 30.8 Å². The molecule has 1 heterocycles. The Balaban J connectivity index is 1.88. The molecule has 7 nitrogen and oxygen atoms in total. The van der Waals surface area contributed by atoms with Crippen LogP contribution in [0.5, 0.6) is 5.75 Å². The predicted octanol–water partition coefficient (Wildman–Crippen LogP) is 3.22. The quantitative estimate of drug-likeness (QED) is 0.686. The van der Waals surface area contributed by atoms with Gasteiger partial charge in [0.15, 0.2) is 16.7 Å². The normalized spacial score (nSPS) is 11.6. The number of hydrogen-bond acceptors (Lipinski definition) is 6. The minimum absolute atomic E-state index is 0.0111. The smallest absolute Gasteiger partial charge is 0.298 e. The molecule has 0 radical (unpaired) electrons. The van der Waals surface area contributed by atoms with Gasteiger partial charge in [0.25, 0.3) is 5.91 Å². The number of ether oxygens (including phenoxy) is 1. The molecule has 0 bridgehead atoms. The number of nitrogens with one attached hydrogen (secondary N) is 1. The van der Waals surface area contributed by atoms with E-state index in [0.29, 0.717) is 39.5 Å². The molecule has 1 unspecified atom stereocenters. The standard InChI is InChI=1S/C20H19N3O4S/c1-4-26-16-7-5-6-8-19(16)28(25)22-20(24)18-10-13-9-14(12-21)15(23(2)3)11-17(13)27-18/h5-11H,4H2,1-3H3,(H,22,24). The van der Waals surface area contributed by atoms with Crippen molar-refractivity contribution >= 4 is 33.5 Å². The summed E-state index contributed by atoms with van der Waals surface area (Å²) in [6.07, 6.45) is 0. The zero-order chi connectivity index (χ0) is 20.3. The van der Waals surface area contributed by atoms with Crippen LogP contribution in [0.4, 0.5) is 5.69 Å². The summed E-state index contributed by atoms with van der Waals surface area (Å²) in [5, 5.41) is 9.94. The minimum atomic E-state index is -1.81. The zero-order valence-corrected chi connectivity index (χ0v) is 16.5. The maximum absolute atomic E-state index is 12.6. The number of carbonyl (C=O) groups excluding carboxylic acids is 1. The number of carbonyl (C=O) groups is 1. The summed E-state index contributed by atoms with van der Waals surface area (Å²) in [6.45, 7) is 2.24. The fraction of sp³-hybridized carbons (Fsp3) is 0.200. The molecule has 0 aliphatic heterocycles. The van der Waals surface area contributed by atoms with Crippen LogP contribution in [0, 0.1) is 11.3 Å². The second-order valence-electron chi connectivity index (χ2n) is 6.10. The molecule has 0 saturated heterocycles. The van der Waals surface area contributed by atoms with Crippen molar-refractivity contribution in [2.75, 3.05) is 25.6 Å². The highest BCUT2D eigenvalue weighted by molar-refractivity contribution is 7.83. The highest BCUT2D eigenvalue weighted by Crippen LogP contribution is 2.28. The Morgan fingerprint density at radius 1 is 1.29 bits per heavy atom. The lowest BCUT2D eigenvalue weighted by molar-refractivity contribution is 0.0958. The van der Waals surface area contributed by atoms with Gasteiger partial charge in [-0.25, -0.2) is 4.21 Å². The van der Waals surface area contributed by atoms with Gasteiger partial charge in [-0.3, -0.25) is 9.52 Å². The van der Waals surface area contributed by atoms with E-state index in [1.165, 1.54) is 6.07 Å². The summed E-state index contributed by atoms with van der Waals surface area (Å²) in [7, 11) is 1.82. The Bertz CT molecular complexity index is 1100. The number of para-hydroxylation sites is 1. The van der Waals surface area contributed by atoms with Crippen molar-refractivity contribution in [3.8, 4) is 11.8 Å². The van der Waals surface area contributed by atoms with E-state index in [1.54, 1.807) is 41.3 Å². The van der Waals surface area contributed by atoms with Crippen LogP contribution in [0.2, 0.25) is 0 Å². The van der Waals surface area contributed by atoms with Gasteiger partial charge in [-0.05, 0) is 31.2 Å². The molecule has 0 saturated carbocycles. The zero-order valence-electron chi connectivity index (χ0n) is 15.7. The van der Waals surface area contributed by atoms with Gasteiger partial charge in [-0.1, -0.05) is 12.1 Å². The van der Waals surface area contributed by atoms with Crippen molar-refractivity contribution in [2.45, 2.75) is 11.8 Å². The van der Waals surface area contributed by atoms with Crippen LogP contribution in [0.3, 0.4) is 0 Å². The van der Waals surface area contributed by atoms with Gasteiger partial charge < -0.3 is 14.1 Å². The average molecular weight is 397 g/mol. The lowest BCUT2D eigenvalue weighted by Gasteiger charge is -2.13. The van der Waals surface area contributed by atoms with E-state index in [0.717, 1.165) is 0 Å². The lowest BCUT2D eigenvalue weighted by atomic mass is 10.1. The van der Waals surface area contributed by atoms with Crippen LogP contribution in [0.25, 0.3) is 11.0 Å². The molecule has 0 aliphatic rings. The predicted molar refractivity (Wildman–Crippen MR) is 107 cm³/mol. The minimum Gasteiger partial charge on any atom is -0.493 e. The first-order chi connectivity index (χ1) is 13.4. The molecule has 8 heteroatoms. The first-order valence-corrected chi connectivity index (χ1v) is 9.69. The number of amides is 1. The van der Waals surface area contributed by atoms with E-state index >= 15 is 0 Å². The number of nitriles is 1. The van der Waals surface area contributed by atoms with Crippen molar-refractivity contribution in [1.29, 1.82) is 5.26 Å². The summed E-state index contributed by atoms with van der Waals surface area (Å²) in [4.78, 5) is 14.7. The SMILES string of the molecule is CCOc1ccccc1S(=O)NC(=O)c1cc2cc(C#N)c(N(C)C)cc2o1. The number of fused-ring (bicyclic) bond motifs is 1. The Hall–Kier alpha value is -3.31. The van der Waals surface area contributed by atoms with Crippen LogP contribution in [0.1, 0.15) is 23.0 Å². The van der Waals surface area contributed by atoms with Crippen molar-refractivity contribution in [3.63, 3.8) is 0 Å². The maximum Gasteiger partial charge on any atom is 0.298 e. The Morgan fingerprint density at radius 3 is 2.71 bits per heavy atom. The van der Waals surface area contributed by atoms with Crippen molar-refractivity contribution < 1.29 is 18.2 Å². The number of benzene rings is 2. The molecular weight excluding hydrogens is 378 g/mol. The second kappa shape index (κ2) is 8.15.